The van der Waals surface area contributed by atoms with E-state index in [4.69, 9.17) is 11.6 Å². The van der Waals surface area contributed by atoms with Crippen LogP contribution in [0.3, 0.4) is 0 Å². The van der Waals surface area contributed by atoms with Crippen molar-refractivity contribution < 1.29 is 0 Å². The largest absolute Gasteiger partial charge is 0.323 e. The molecule has 1 aromatic carbocycles. The fourth-order valence-corrected chi connectivity index (χ4v) is 5.24. The molecule has 0 saturated heterocycles. The van der Waals surface area contributed by atoms with Gasteiger partial charge in [-0.2, -0.15) is 0 Å². The van der Waals surface area contributed by atoms with Crippen molar-refractivity contribution in [3.63, 3.8) is 0 Å². The predicted octanol–water partition coefficient (Wildman–Crippen LogP) is 5.94. The first-order valence-corrected chi connectivity index (χ1v) is 12.5. The Hall–Kier alpha value is -0.313. The molecular formula is C19H32ClNSi. The molecule has 0 spiro atoms. The Morgan fingerprint density at radius 2 is 1.68 bits per heavy atom. The molecule has 1 saturated carbocycles. The Morgan fingerprint density at radius 1 is 1.14 bits per heavy atom. The van der Waals surface area contributed by atoms with Crippen molar-refractivity contribution in [3.05, 3.63) is 34.9 Å². The minimum atomic E-state index is -1.32. The zero-order valence-corrected chi connectivity index (χ0v) is 16.9. The maximum absolute atomic E-state index is 6.12. The molecule has 0 radical (unpaired) electrons. The van der Waals surface area contributed by atoms with E-state index >= 15 is 0 Å². The summed E-state index contributed by atoms with van der Waals surface area (Å²) >= 11 is 6.12. The van der Waals surface area contributed by atoms with Crippen LogP contribution in [0.5, 0.6) is 0 Å². The summed E-state index contributed by atoms with van der Waals surface area (Å²) in [5.41, 5.74) is 1.84. The second-order valence-corrected chi connectivity index (χ2v) is 13.9. The summed E-state index contributed by atoms with van der Waals surface area (Å²) in [5.74, 6) is 0.730. The molecule has 1 unspecified atom stereocenters. The van der Waals surface area contributed by atoms with Crippen molar-refractivity contribution in [1.82, 2.24) is 4.57 Å². The SMILES string of the molecule is CC(C)CC(N(C)[Si](C)(C)C)C1(c2ccc(Cl)cc2)CCC1. The smallest absolute Gasteiger partial charge is 0.119 e. The fraction of sp³-hybridized carbons (Fsp3) is 0.684. The fourth-order valence-electron chi connectivity index (χ4n) is 3.82. The van der Waals surface area contributed by atoms with Crippen molar-refractivity contribution in [2.45, 2.75) is 70.6 Å². The lowest BCUT2D eigenvalue weighted by Crippen LogP contribution is -2.60. The summed E-state index contributed by atoms with van der Waals surface area (Å²) in [6.07, 6.45) is 5.28. The van der Waals surface area contributed by atoms with Crippen LogP contribution in [0.25, 0.3) is 0 Å². The molecule has 0 aliphatic heterocycles. The van der Waals surface area contributed by atoms with Crippen molar-refractivity contribution in [2.24, 2.45) is 5.92 Å². The highest BCUT2D eigenvalue weighted by atomic mass is 35.5. The van der Waals surface area contributed by atoms with Gasteiger partial charge in [-0.1, -0.05) is 63.6 Å². The van der Waals surface area contributed by atoms with E-state index in [-0.39, 0.29) is 0 Å². The van der Waals surface area contributed by atoms with Crippen LogP contribution in [0.1, 0.15) is 45.1 Å². The molecule has 0 heterocycles. The molecule has 1 atom stereocenters. The summed E-state index contributed by atoms with van der Waals surface area (Å²) in [4.78, 5) is 0. The average Bonchev–Trinajstić information content (AvgIpc) is 2.36. The van der Waals surface area contributed by atoms with E-state index < -0.39 is 8.24 Å². The Morgan fingerprint density at radius 3 is 2.05 bits per heavy atom. The van der Waals surface area contributed by atoms with Gasteiger partial charge in [-0.3, -0.25) is 0 Å². The van der Waals surface area contributed by atoms with Gasteiger partial charge in [0.15, 0.2) is 0 Å². The van der Waals surface area contributed by atoms with Gasteiger partial charge in [0.2, 0.25) is 0 Å². The molecule has 1 aliphatic rings. The molecule has 0 aromatic heterocycles. The van der Waals surface area contributed by atoms with Gasteiger partial charge in [-0.05, 0) is 49.9 Å². The lowest BCUT2D eigenvalue weighted by Gasteiger charge is -2.55. The number of likely N-dealkylation sites (N-methyl/N-ethyl adjacent to an activating group) is 1. The van der Waals surface area contributed by atoms with Gasteiger partial charge >= 0.3 is 0 Å². The molecule has 1 aliphatic carbocycles. The molecule has 1 aromatic rings. The van der Waals surface area contributed by atoms with Crippen LogP contribution in [-0.2, 0) is 5.41 Å². The Balaban J connectivity index is 2.40. The van der Waals surface area contributed by atoms with Crippen LogP contribution in [-0.4, -0.2) is 25.9 Å². The highest BCUT2D eigenvalue weighted by Crippen LogP contribution is 2.50. The second-order valence-electron chi connectivity index (χ2n) is 8.44. The average molecular weight is 338 g/mol. The normalized spacial score (nSPS) is 19.3. The maximum atomic E-state index is 6.12. The molecule has 1 nitrogen and oxygen atoms in total. The van der Waals surface area contributed by atoms with E-state index in [1.54, 1.807) is 0 Å². The van der Waals surface area contributed by atoms with Gasteiger partial charge in [0, 0.05) is 16.5 Å². The third-order valence-electron chi connectivity index (χ3n) is 5.52. The first kappa shape index (κ1) is 18.0. The number of hydrogen-bond donors (Lipinski definition) is 0. The lowest BCUT2D eigenvalue weighted by atomic mass is 9.59. The number of halogens is 1. The van der Waals surface area contributed by atoms with Crippen LogP contribution in [0.2, 0.25) is 24.7 Å². The molecular weight excluding hydrogens is 306 g/mol. The van der Waals surface area contributed by atoms with Crippen LogP contribution in [0, 0.1) is 5.92 Å². The Labute approximate surface area is 143 Å². The zero-order valence-electron chi connectivity index (χ0n) is 15.1. The summed E-state index contributed by atoms with van der Waals surface area (Å²) in [7, 11) is 1.05. The molecule has 1 fully saturated rings. The van der Waals surface area contributed by atoms with Gasteiger partial charge < -0.3 is 4.57 Å². The van der Waals surface area contributed by atoms with Crippen molar-refractivity contribution >= 4 is 19.8 Å². The maximum Gasteiger partial charge on any atom is 0.119 e. The van der Waals surface area contributed by atoms with Crippen LogP contribution in [0.15, 0.2) is 24.3 Å². The first-order valence-electron chi connectivity index (χ1n) is 8.66. The van der Waals surface area contributed by atoms with Crippen LogP contribution in [0.4, 0.5) is 0 Å². The molecule has 2 rings (SSSR count). The van der Waals surface area contributed by atoms with Crippen LogP contribution < -0.4 is 0 Å². The number of nitrogens with zero attached hydrogens (tertiary/aromatic N) is 1. The van der Waals surface area contributed by atoms with E-state index in [1.807, 2.05) is 0 Å². The van der Waals surface area contributed by atoms with E-state index in [0.717, 1.165) is 10.9 Å². The Kier molecular flexibility index (Phi) is 5.46. The number of rotatable bonds is 6. The summed E-state index contributed by atoms with van der Waals surface area (Å²) in [6.45, 7) is 12.1. The molecule has 3 heteroatoms. The third kappa shape index (κ3) is 3.60. The third-order valence-corrected chi connectivity index (χ3v) is 8.20. The first-order chi connectivity index (χ1) is 10.2. The lowest BCUT2D eigenvalue weighted by molar-refractivity contribution is 0.106. The highest BCUT2D eigenvalue weighted by Gasteiger charge is 2.48. The van der Waals surface area contributed by atoms with Gasteiger partial charge in [0.05, 0.1) is 0 Å². The van der Waals surface area contributed by atoms with E-state index in [1.165, 1.54) is 31.2 Å². The van der Waals surface area contributed by atoms with Crippen LogP contribution >= 0.6 is 11.6 Å². The molecule has 22 heavy (non-hydrogen) atoms. The predicted molar refractivity (Wildman–Crippen MR) is 101 cm³/mol. The molecule has 0 amide bonds. The second kappa shape index (κ2) is 6.66. The standard InChI is InChI=1S/C19H32ClNSi/c1-15(2)14-18(21(3)22(4,5)6)19(12-7-13-19)16-8-10-17(20)11-9-16/h8-11,15,18H,7,12-14H2,1-6H3. The number of benzene rings is 1. The van der Waals surface area contributed by atoms with Gasteiger partial charge in [0.25, 0.3) is 0 Å². The monoisotopic (exact) mass is 337 g/mol. The zero-order chi connectivity index (χ0) is 16.5. The molecule has 0 bridgehead atoms. The highest BCUT2D eigenvalue weighted by molar-refractivity contribution is 6.73. The van der Waals surface area contributed by atoms with E-state index in [0.29, 0.717) is 11.5 Å². The topological polar surface area (TPSA) is 3.24 Å². The van der Waals surface area contributed by atoms with Crippen molar-refractivity contribution in [1.29, 1.82) is 0 Å². The Bertz CT molecular complexity index is 485. The van der Waals surface area contributed by atoms with E-state index in [2.05, 4.69) is 69.4 Å². The molecule has 0 N–H and O–H groups in total. The van der Waals surface area contributed by atoms with Gasteiger partial charge in [-0.15, -0.1) is 0 Å². The summed E-state index contributed by atoms with van der Waals surface area (Å²) in [5, 5.41) is 0.845. The van der Waals surface area contributed by atoms with Crippen molar-refractivity contribution in [3.8, 4) is 0 Å². The minimum absolute atomic E-state index is 0.337. The van der Waals surface area contributed by atoms with Gasteiger partial charge in [-0.25, -0.2) is 0 Å². The number of hydrogen-bond acceptors (Lipinski definition) is 1. The molecule has 124 valence electrons. The summed E-state index contributed by atoms with van der Waals surface area (Å²) < 4.78 is 2.75. The van der Waals surface area contributed by atoms with Crippen molar-refractivity contribution in [2.75, 3.05) is 7.05 Å². The van der Waals surface area contributed by atoms with E-state index in [9.17, 15) is 0 Å². The minimum Gasteiger partial charge on any atom is -0.323 e. The summed E-state index contributed by atoms with van der Waals surface area (Å²) in [6, 6.07) is 9.32. The van der Waals surface area contributed by atoms with Gasteiger partial charge in [0.1, 0.15) is 8.24 Å². The quantitative estimate of drug-likeness (QED) is 0.580.